The Hall–Kier alpha value is -2.51. The highest BCUT2D eigenvalue weighted by Gasteiger charge is 2.37. The van der Waals surface area contributed by atoms with Crippen LogP contribution >= 0.6 is 0 Å². The zero-order valence-corrected chi connectivity index (χ0v) is 19.3. The van der Waals surface area contributed by atoms with Crippen LogP contribution in [0.2, 0.25) is 0 Å². The van der Waals surface area contributed by atoms with Crippen molar-refractivity contribution in [1.82, 2.24) is 14.9 Å². The average Bonchev–Trinajstić information content (AvgIpc) is 3.58. The molecule has 3 N–H and O–H groups in total. The van der Waals surface area contributed by atoms with Crippen molar-refractivity contribution in [3.63, 3.8) is 0 Å². The number of rotatable bonds is 10. The fourth-order valence-electron chi connectivity index (χ4n) is 5.18. The lowest BCUT2D eigenvalue weighted by Crippen LogP contribution is -2.38. The first kappa shape index (κ1) is 22.3. The Labute approximate surface area is 196 Å². The van der Waals surface area contributed by atoms with Gasteiger partial charge >= 0.3 is 0 Å². The maximum atomic E-state index is 12.4. The number of amides is 1. The monoisotopic (exact) mass is 449 g/mol. The second-order valence-electron chi connectivity index (χ2n) is 9.63. The minimum Gasteiger partial charge on any atom is -0.377 e. The van der Waals surface area contributed by atoms with Gasteiger partial charge in [-0.05, 0) is 69.1 Å². The van der Waals surface area contributed by atoms with Gasteiger partial charge in [0.15, 0.2) is 0 Å². The summed E-state index contributed by atoms with van der Waals surface area (Å²) < 4.78 is 6.18. The van der Waals surface area contributed by atoms with E-state index in [4.69, 9.17) is 15.5 Å². The number of ether oxygens (including phenoxy) is 1. The van der Waals surface area contributed by atoms with Gasteiger partial charge in [0.1, 0.15) is 11.9 Å². The zero-order valence-electron chi connectivity index (χ0n) is 19.3. The van der Waals surface area contributed by atoms with Crippen LogP contribution in [0, 0.1) is 0 Å². The number of hydrogen-bond donors (Lipinski definition) is 2. The number of pyridine rings is 2. The summed E-state index contributed by atoms with van der Waals surface area (Å²) in [7, 11) is 0. The SMILES string of the molecule is NC(=O)C(c1cccnc1C1CC1)N1CC[C@@H](OCCCCc2ccc3c(n2)NCCC3)C1. The minimum absolute atomic E-state index is 0.152. The molecule has 2 aromatic heterocycles. The molecule has 176 valence electrons. The fourth-order valence-corrected chi connectivity index (χ4v) is 5.18. The van der Waals surface area contributed by atoms with Crippen LogP contribution in [0.5, 0.6) is 0 Å². The van der Waals surface area contributed by atoms with Crippen LogP contribution < -0.4 is 11.1 Å². The van der Waals surface area contributed by atoms with Crippen LogP contribution in [0.1, 0.15) is 73.0 Å². The first-order valence-corrected chi connectivity index (χ1v) is 12.5. The van der Waals surface area contributed by atoms with Crippen LogP contribution in [0.15, 0.2) is 30.5 Å². The Morgan fingerprint density at radius 3 is 3.00 bits per heavy atom. The topological polar surface area (TPSA) is 93.4 Å². The first-order chi connectivity index (χ1) is 16.2. The summed E-state index contributed by atoms with van der Waals surface area (Å²) in [6.07, 6.45) is 10.6. The highest BCUT2D eigenvalue weighted by Crippen LogP contribution is 2.43. The molecule has 5 rings (SSSR count). The molecule has 1 saturated heterocycles. The van der Waals surface area contributed by atoms with Crippen LogP contribution in [0.3, 0.4) is 0 Å². The van der Waals surface area contributed by atoms with Crippen molar-refractivity contribution < 1.29 is 9.53 Å². The van der Waals surface area contributed by atoms with Crippen LogP contribution in [-0.4, -0.2) is 53.1 Å². The summed E-state index contributed by atoms with van der Waals surface area (Å²) >= 11 is 0. The second kappa shape index (κ2) is 10.2. The van der Waals surface area contributed by atoms with E-state index in [1.807, 2.05) is 18.3 Å². The van der Waals surface area contributed by atoms with E-state index in [0.717, 1.165) is 94.0 Å². The predicted molar refractivity (Wildman–Crippen MR) is 128 cm³/mol. The lowest BCUT2D eigenvalue weighted by atomic mass is 10.0. The molecule has 0 aromatic carbocycles. The molecular formula is C26H35N5O2. The summed E-state index contributed by atoms with van der Waals surface area (Å²) in [5, 5.41) is 3.41. The number of nitrogens with two attached hydrogens (primary N) is 1. The van der Waals surface area contributed by atoms with Gasteiger partial charge in [-0.25, -0.2) is 4.98 Å². The Balaban J connectivity index is 1.08. The molecule has 2 fully saturated rings. The average molecular weight is 450 g/mol. The number of hydrogen-bond acceptors (Lipinski definition) is 6. The molecule has 2 atom stereocenters. The Morgan fingerprint density at radius 1 is 1.24 bits per heavy atom. The number of aromatic nitrogens is 2. The molecule has 33 heavy (non-hydrogen) atoms. The highest BCUT2D eigenvalue weighted by molar-refractivity contribution is 5.82. The number of nitrogens with one attached hydrogen (secondary N) is 1. The van der Waals surface area contributed by atoms with Gasteiger partial charge in [0, 0.05) is 55.3 Å². The molecule has 7 heteroatoms. The number of unbranched alkanes of at least 4 members (excludes halogenated alkanes) is 1. The van der Waals surface area contributed by atoms with E-state index >= 15 is 0 Å². The molecule has 1 amide bonds. The molecule has 1 aliphatic carbocycles. The van der Waals surface area contributed by atoms with Gasteiger partial charge in [-0.15, -0.1) is 0 Å². The number of likely N-dealkylation sites (tertiary alicyclic amines) is 1. The van der Waals surface area contributed by atoms with Crippen molar-refractivity contribution in [2.45, 2.75) is 69.4 Å². The standard InChI is InChI=1S/C26H35N5O2/c27-25(32)24(22-7-4-13-28-23(22)18-8-9-18)31-15-12-21(17-31)33-16-2-1-6-20-11-10-19-5-3-14-29-26(19)30-20/h4,7,10-11,13,18,21,24H,1-3,5-6,8-9,12,14-17H2,(H2,27,32)(H,29,30)/t21-,24?/m1/s1. The van der Waals surface area contributed by atoms with Crippen molar-refractivity contribution >= 4 is 11.7 Å². The van der Waals surface area contributed by atoms with E-state index < -0.39 is 6.04 Å². The van der Waals surface area contributed by atoms with E-state index in [1.54, 1.807) is 0 Å². The van der Waals surface area contributed by atoms with E-state index in [0.29, 0.717) is 5.92 Å². The molecule has 0 spiro atoms. The van der Waals surface area contributed by atoms with Crippen molar-refractivity contribution in [2.24, 2.45) is 5.73 Å². The van der Waals surface area contributed by atoms with Gasteiger partial charge in [-0.1, -0.05) is 12.1 Å². The summed E-state index contributed by atoms with van der Waals surface area (Å²) in [6.45, 7) is 3.33. The number of nitrogens with zero attached hydrogens (tertiary/aromatic N) is 3. The maximum Gasteiger partial charge on any atom is 0.239 e. The Kier molecular flexibility index (Phi) is 6.88. The number of anilines is 1. The van der Waals surface area contributed by atoms with Gasteiger partial charge in [0.05, 0.1) is 6.10 Å². The lowest BCUT2D eigenvalue weighted by Gasteiger charge is -2.27. The summed E-state index contributed by atoms with van der Waals surface area (Å²) in [5.74, 6) is 1.26. The largest absolute Gasteiger partial charge is 0.377 e. The third kappa shape index (κ3) is 5.36. The molecule has 2 aromatic rings. The van der Waals surface area contributed by atoms with E-state index in [1.165, 1.54) is 12.0 Å². The lowest BCUT2D eigenvalue weighted by molar-refractivity contribution is -0.123. The number of carbonyl (C=O) groups is 1. The van der Waals surface area contributed by atoms with Gasteiger partial charge in [-0.3, -0.25) is 14.7 Å². The molecule has 2 aliphatic heterocycles. The van der Waals surface area contributed by atoms with Crippen molar-refractivity contribution in [3.8, 4) is 0 Å². The number of primary amides is 1. The molecule has 0 bridgehead atoms. The third-order valence-corrected chi connectivity index (χ3v) is 7.07. The highest BCUT2D eigenvalue weighted by atomic mass is 16.5. The Morgan fingerprint density at radius 2 is 2.15 bits per heavy atom. The van der Waals surface area contributed by atoms with Gasteiger partial charge in [0.2, 0.25) is 5.91 Å². The summed E-state index contributed by atoms with van der Waals surface area (Å²) in [4.78, 5) is 24.0. The number of carbonyl (C=O) groups excluding carboxylic acids is 1. The van der Waals surface area contributed by atoms with Crippen LogP contribution in [-0.2, 0) is 22.4 Å². The first-order valence-electron chi connectivity index (χ1n) is 12.5. The van der Waals surface area contributed by atoms with E-state index in [2.05, 4.69) is 27.3 Å². The van der Waals surface area contributed by atoms with E-state index in [9.17, 15) is 4.79 Å². The van der Waals surface area contributed by atoms with Crippen molar-refractivity contribution in [2.75, 3.05) is 31.6 Å². The van der Waals surface area contributed by atoms with Crippen LogP contribution in [0.4, 0.5) is 5.82 Å². The molecule has 3 aliphatic rings. The van der Waals surface area contributed by atoms with Gasteiger partial charge in [0.25, 0.3) is 0 Å². The minimum atomic E-state index is -0.411. The van der Waals surface area contributed by atoms with Crippen molar-refractivity contribution in [3.05, 3.63) is 53.0 Å². The molecule has 4 heterocycles. The summed E-state index contributed by atoms with van der Waals surface area (Å²) in [5.41, 5.74) is 10.4. The van der Waals surface area contributed by atoms with E-state index in [-0.39, 0.29) is 12.0 Å². The second-order valence-corrected chi connectivity index (χ2v) is 9.63. The quantitative estimate of drug-likeness (QED) is 0.541. The van der Waals surface area contributed by atoms with Crippen molar-refractivity contribution in [1.29, 1.82) is 0 Å². The predicted octanol–water partition coefficient (Wildman–Crippen LogP) is 3.35. The third-order valence-electron chi connectivity index (χ3n) is 7.07. The van der Waals surface area contributed by atoms with Crippen LogP contribution in [0.25, 0.3) is 0 Å². The fraction of sp³-hybridized carbons (Fsp3) is 0.577. The smallest absolute Gasteiger partial charge is 0.239 e. The zero-order chi connectivity index (χ0) is 22.6. The molecule has 1 saturated carbocycles. The number of fused-ring (bicyclic) bond motifs is 1. The molecule has 0 radical (unpaired) electrons. The number of aryl methyl sites for hydroxylation is 2. The molecular weight excluding hydrogens is 414 g/mol. The maximum absolute atomic E-state index is 12.4. The van der Waals surface area contributed by atoms with Gasteiger partial charge in [-0.2, -0.15) is 0 Å². The molecule has 1 unspecified atom stereocenters. The normalized spacial score (nSPS) is 21.4. The Bertz CT molecular complexity index is 977. The summed E-state index contributed by atoms with van der Waals surface area (Å²) in [6, 6.07) is 7.91. The molecule has 7 nitrogen and oxygen atoms in total. The van der Waals surface area contributed by atoms with Gasteiger partial charge < -0.3 is 15.8 Å².